The van der Waals surface area contributed by atoms with Crippen LogP contribution in [0.2, 0.25) is 39.3 Å². The Kier molecular flexibility index (Phi) is 10.5. The third-order valence-corrected chi connectivity index (χ3v) is 16.6. The Balaban J connectivity index is 1.51. The van der Waals surface area contributed by atoms with Gasteiger partial charge in [-0.25, -0.2) is 4.85 Å². The Bertz CT molecular complexity index is 2820. The van der Waals surface area contributed by atoms with Gasteiger partial charge in [0.05, 0.1) is 45.7 Å². The SMILES string of the molecule is [C-]#[N+]c1ccc(N(c2ccc([Si](C)(C)C)cc2)c2cc(C(C)(C)C)c3ccc4c(N(c5ccc(C#N)cc5)c5ccc([Si](C)(C)C)cc5)cc(C(C)(C)C)c5ccc2c3c45)cc1. The predicted octanol–water partition coefficient (Wildman–Crippen LogP) is 15.6. The molecule has 0 heterocycles. The molecule has 8 rings (SSSR count). The highest BCUT2D eigenvalue weighted by molar-refractivity contribution is 6.89. The minimum atomic E-state index is -1.55. The van der Waals surface area contributed by atoms with Gasteiger partial charge in [0.2, 0.25) is 0 Å². The summed E-state index contributed by atoms with van der Waals surface area (Å²) in [5, 5.41) is 20.0. The second-order valence-corrected chi connectivity index (χ2v) is 31.2. The molecule has 0 aromatic heterocycles. The number of anilines is 6. The minimum Gasteiger partial charge on any atom is -0.310 e. The fourth-order valence-electron chi connectivity index (χ4n) is 9.00. The first-order valence-corrected chi connectivity index (χ1v) is 28.8. The van der Waals surface area contributed by atoms with Crippen molar-refractivity contribution >= 4 is 98.7 Å². The van der Waals surface area contributed by atoms with Crippen molar-refractivity contribution < 1.29 is 0 Å². The van der Waals surface area contributed by atoms with Crippen molar-refractivity contribution in [1.82, 2.24) is 0 Å². The molecule has 0 unspecified atom stereocenters. The van der Waals surface area contributed by atoms with Crippen LogP contribution in [0.3, 0.4) is 0 Å². The first-order valence-electron chi connectivity index (χ1n) is 21.8. The highest BCUT2D eigenvalue weighted by Gasteiger charge is 2.30. The Labute approximate surface area is 371 Å². The van der Waals surface area contributed by atoms with E-state index in [0.717, 1.165) is 34.1 Å². The quantitative estimate of drug-likeness (QED) is 0.0868. The van der Waals surface area contributed by atoms with Gasteiger partial charge in [-0.2, -0.15) is 5.26 Å². The van der Waals surface area contributed by atoms with Crippen LogP contribution in [0.4, 0.5) is 39.8 Å². The van der Waals surface area contributed by atoms with Crippen LogP contribution in [0.5, 0.6) is 0 Å². The summed E-state index contributed by atoms with van der Waals surface area (Å²) < 4.78 is 0. The second-order valence-electron chi connectivity index (χ2n) is 21.0. The van der Waals surface area contributed by atoms with E-state index < -0.39 is 16.1 Å². The topological polar surface area (TPSA) is 34.6 Å². The van der Waals surface area contributed by atoms with Gasteiger partial charge in [0, 0.05) is 33.5 Å². The van der Waals surface area contributed by atoms with Gasteiger partial charge in [-0.05, 0) is 116 Å². The number of hydrogen-bond acceptors (Lipinski definition) is 3. The summed E-state index contributed by atoms with van der Waals surface area (Å²) in [6.45, 7) is 36.0. The first kappa shape index (κ1) is 42.5. The fraction of sp³-hybridized carbons (Fsp3) is 0.250. The maximum absolute atomic E-state index is 9.81. The molecule has 0 saturated carbocycles. The molecule has 0 saturated heterocycles. The molecule has 8 aromatic carbocycles. The Morgan fingerprint density at radius 3 is 1.10 bits per heavy atom. The Morgan fingerprint density at radius 1 is 0.468 bits per heavy atom. The predicted molar refractivity (Wildman–Crippen MR) is 274 cm³/mol. The molecule has 310 valence electrons. The van der Waals surface area contributed by atoms with Crippen molar-refractivity contribution in [3.05, 3.63) is 162 Å². The van der Waals surface area contributed by atoms with E-state index >= 15 is 0 Å². The lowest BCUT2D eigenvalue weighted by Gasteiger charge is -2.34. The van der Waals surface area contributed by atoms with Crippen molar-refractivity contribution in [3.8, 4) is 6.07 Å². The van der Waals surface area contributed by atoms with Crippen LogP contribution in [0.15, 0.2) is 133 Å². The zero-order valence-corrected chi connectivity index (χ0v) is 40.5. The third-order valence-electron chi connectivity index (χ3n) is 12.4. The highest BCUT2D eigenvalue weighted by Crippen LogP contribution is 2.52. The molecule has 0 aliphatic rings. The van der Waals surface area contributed by atoms with Crippen LogP contribution >= 0.6 is 0 Å². The van der Waals surface area contributed by atoms with E-state index in [2.05, 4.69) is 211 Å². The maximum atomic E-state index is 9.81. The number of benzene rings is 8. The van der Waals surface area contributed by atoms with Gasteiger partial charge in [0.1, 0.15) is 0 Å². The Hall–Kier alpha value is -6.19. The van der Waals surface area contributed by atoms with Crippen LogP contribution in [0, 0.1) is 17.9 Å². The standard InChI is InChI=1S/C56H58N4Si2/c1-55(2,3)49-34-51(59(39-18-14-37(36-57)15-19-39)41-22-26-43(27-23-41)61(8,9)10)47-32-30-46-50(56(4,5)6)35-52(48-33-31-45(49)53(47)54(46)48)60(40-20-16-38(58-7)17-21-40)42-24-28-44(29-25-42)62(11,12)13/h14-35H,1-6,8-13H3. The van der Waals surface area contributed by atoms with Gasteiger partial charge in [-0.15, -0.1) is 0 Å². The molecule has 0 aliphatic carbocycles. The molecule has 0 N–H and O–H groups in total. The summed E-state index contributed by atoms with van der Waals surface area (Å²) in [6, 6.07) is 51.0. The molecule has 8 aromatic rings. The lowest BCUT2D eigenvalue weighted by molar-refractivity contribution is 0.595. The first-order chi connectivity index (χ1) is 29.2. The molecule has 0 amide bonds. The monoisotopic (exact) mass is 842 g/mol. The van der Waals surface area contributed by atoms with Crippen molar-refractivity contribution in [2.45, 2.75) is 91.7 Å². The van der Waals surface area contributed by atoms with Crippen LogP contribution in [-0.4, -0.2) is 16.1 Å². The normalized spacial score (nSPS) is 12.5. The summed E-state index contributed by atoms with van der Waals surface area (Å²) in [4.78, 5) is 8.54. The number of hydrogen-bond donors (Lipinski definition) is 0. The van der Waals surface area contributed by atoms with E-state index in [1.807, 2.05) is 24.3 Å². The molecule has 0 bridgehead atoms. The molecular formula is C56H58N4Si2. The number of nitriles is 1. The van der Waals surface area contributed by atoms with Crippen molar-refractivity contribution in [1.29, 1.82) is 5.26 Å². The number of nitrogens with zero attached hydrogens (tertiary/aromatic N) is 4. The van der Waals surface area contributed by atoms with Gasteiger partial charge < -0.3 is 9.80 Å². The summed E-state index contributed by atoms with van der Waals surface area (Å²) in [5.74, 6) is 0. The van der Waals surface area contributed by atoms with Crippen LogP contribution in [0.25, 0.3) is 37.2 Å². The highest BCUT2D eigenvalue weighted by atomic mass is 28.3. The van der Waals surface area contributed by atoms with Gasteiger partial charge in [0.25, 0.3) is 0 Å². The van der Waals surface area contributed by atoms with Crippen molar-refractivity contribution in [2.75, 3.05) is 9.80 Å². The van der Waals surface area contributed by atoms with Gasteiger partial charge >= 0.3 is 0 Å². The average molecular weight is 843 g/mol. The van der Waals surface area contributed by atoms with Gasteiger partial charge in [-0.3, -0.25) is 0 Å². The lowest BCUT2D eigenvalue weighted by atomic mass is 9.77. The largest absolute Gasteiger partial charge is 0.310 e. The average Bonchev–Trinajstić information content (AvgIpc) is 3.23. The van der Waals surface area contributed by atoms with E-state index in [9.17, 15) is 5.26 Å². The molecular weight excluding hydrogens is 785 g/mol. The fourth-order valence-corrected chi connectivity index (χ4v) is 11.3. The van der Waals surface area contributed by atoms with Gasteiger partial charge in [-0.1, -0.05) is 152 Å². The van der Waals surface area contributed by atoms with Crippen molar-refractivity contribution in [2.24, 2.45) is 0 Å². The smallest absolute Gasteiger partial charge is 0.187 e. The van der Waals surface area contributed by atoms with E-state index in [0.29, 0.717) is 11.3 Å². The third kappa shape index (κ3) is 7.68. The molecule has 4 nitrogen and oxygen atoms in total. The second kappa shape index (κ2) is 15.3. The van der Waals surface area contributed by atoms with E-state index in [1.54, 1.807) is 0 Å². The summed E-state index contributed by atoms with van der Waals surface area (Å²) in [5.41, 5.74) is 9.87. The molecule has 0 aliphatic heterocycles. The van der Waals surface area contributed by atoms with E-state index in [1.165, 1.54) is 53.8 Å². The van der Waals surface area contributed by atoms with E-state index in [4.69, 9.17) is 6.57 Å². The summed E-state index contributed by atoms with van der Waals surface area (Å²) >= 11 is 0. The zero-order valence-electron chi connectivity index (χ0n) is 38.5. The minimum absolute atomic E-state index is 0.180. The molecule has 0 radical (unpaired) electrons. The van der Waals surface area contributed by atoms with Crippen LogP contribution < -0.4 is 20.2 Å². The summed E-state index contributed by atoms with van der Waals surface area (Å²) in [7, 11) is -3.11. The zero-order chi connectivity index (χ0) is 44.5. The molecule has 0 atom stereocenters. The van der Waals surface area contributed by atoms with Crippen LogP contribution in [0.1, 0.15) is 58.2 Å². The maximum Gasteiger partial charge on any atom is 0.187 e. The lowest BCUT2D eigenvalue weighted by Crippen LogP contribution is -2.37. The molecule has 0 fully saturated rings. The number of rotatable bonds is 8. The molecule has 62 heavy (non-hydrogen) atoms. The van der Waals surface area contributed by atoms with Gasteiger partial charge in [0.15, 0.2) is 5.69 Å². The summed E-state index contributed by atoms with van der Waals surface area (Å²) in [6.07, 6.45) is 0. The molecule has 6 heteroatoms. The molecule has 0 spiro atoms. The van der Waals surface area contributed by atoms with E-state index in [-0.39, 0.29) is 10.8 Å². The van der Waals surface area contributed by atoms with Crippen molar-refractivity contribution in [3.63, 3.8) is 0 Å². The Morgan fingerprint density at radius 2 is 0.790 bits per heavy atom. The van der Waals surface area contributed by atoms with Crippen LogP contribution in [-0.2, 0) is 10.8 Å².